The molecule has 0 aromatic carbocycles. The normalized spacial score (nSPS) is 45.5. The zero-order valence-corrected chi connectivity index (χ0v) is 10.2. The Bertz CT molecular complexity index is 385. The summed E-state index contributed by atoms with van der Waals surface area (Å²) in [6.07, 6.45) is 5.85. The van der Waals surface area contributed by atoms with E-state index < -0.39 is 6.10 Å². The van der Waals surface area contributed by atoms with Crippen LogP contribution in [0, 0.1) is 11.3 Å². The summed E-state index contributed by atoms with van der Waals surface area (Å²) in [5.41, 5.74) is 2.26. The van der Waals surface area contributed by atoms with Gasteiger partial charge in [-0.15, -0.1) is 0 Å². The Morgan fingerprint density at radius 2 is 2.18 bits per heavy atom. The van der Waals surface area contributed by atoms with Gasteiger partial charge in [-0.2, -0.15) is 0 Å². The fraction of sp³-hybridized carbons (Fsp3) is 0.714. The van der Waals surface area contributed by atoms with E-state index in [1.54, 1.807) is 0 Å². The third-order valence-electron chi connectivity index (χ3n) is 4.68. The maximum absolute atomic E-state index is 10.4. The van der Waals surface area contributed by atoms with E-state index in [9.17, 15) is 10.2 Å². The molecule has 3 heteroatoms. The SMILES string of the molecule is CC1=C[C@H](O)[C@@]2(CC1)COCC1=C[C@H](O)C[C@@H]12. The van der Waals surface area contributed by atoms with Crippen LogP contribution in [0.5, 0.6) is 0 Å². The molecule has 2 aliphatic carbocycles. The molecule has 0 unspecified atom stereocenters. The van der Waals surface area contributed by atoms with Crippen LogP contribution in [-0.2, 0) is 4.74 Å². The van der Waals surface area contributed by atoms with Crippen molar-refractivity contribution in [2.45, 2.75) is 38.4 Å². The van der Waals surface area contributed by atoms with Gasteiger partial charge in [-0.3, -0.25) is 0 Å². The molecule has 0 aromatic rings. The van der Waals surface area contributed by atoms with Gasteiger partial charge >= 0.3 is 0 Å². The van der Waals surface area contributed by atoms with Gasteiger partial charge in [-0.1, -0.05) is 17.7 Å². The average molecular weight is 236 g/mol. The van der Waals surface area contributed by atoms with Crippen LogP contribution in [0.4, 0.5) is 0 Å². The summed E-state index contributed by atoms with van der Waals surface area (Å²) in [6.45, 7) is 3.31. The summed E-state index contributed by atoms with van der Waals surface area (Å²) in [5.74, 6) is 0.297. The zero-order chi connectivity index (χ0) is 12.0. The standard InChI is InChI=1S/C14H20O3/c1-9-2-3-14(13(16)4-9)8-17-7-10-5-11(15)6-12(10)14/h4-5,11-13,15-16H,2-3,6-8H2,1H3/t11-,12-,13-,14-/m0/s1. The summed E-state index contributed by atoms with van der Waals surface area (Å²) in [5, 5.41) is 20.2. The Kier molecular flexibility index (Phi) is 2.65. The molecule has 3 rings (SSSR count). The van der Waals surface area contributed by atoms with Crippen molar-refractivity contribution in [1.29, 1.82) is 0 Å². The second-order valence-corrected chi connectivity index (χ2v) is 5.78. The molecule has 0 aromatic heterocycles. The van der Waals surface area contributed by atoms with E-state index in [1.165, 1.54) is 11.1 Å². The van der Waals surface area contributed by atoms with Crippen molar-refractivity contribution in [3.63, 3.8) is 0 Å². The Morgan fingerprint density at radius 1 is 1.35 bits per heavy atom. The minimum Gasteiger partial charge on any atom is -0.389 e. The van der Waals surface area contributed by atoms with E-state index in [2.05, 4.69) is 6.92 Å². The largest absolute Gasteiger partial charge is 0.389 e. The third kappa shape index (κ3) is 1.68. The first-order valence-electron chi connectivity index (χ1n) is 6.43. The Balaban J connectivity index is 1.94. The van der Waals surface area contributed by atoms with Crippen molar-refractivity contribution in [3.8, 4) is 0 Å². The van der Waals surface area contributed by atoms with Gasteiger partial charge in [-0.05, 0) is 37.7 Å². The van der Waals surface area contributed by atoms with Crippen molar-refractivity contribution in [3.05, 3.63) is 23.3 Å². The summed E-state index contributed by atoms with van der Waals surface area (Å²) >= 11 is 0. The fourth-order valence-electron chi connectivity index (χ4n) is 3.67. The summed E-state index contributed by atoms with van der Waals surface area (Å²) in [7, 11) is 0. The van der Waals surface area contributed by atoms with Crippen molar-refractivity contribution in [1.82, 2.24) is 0 Å². The molecule has 0 saturated carbocycles. The second-order valence-electron chi connectivity index (χ2n) is 5.78. The van der Waals surface area contributed by atoms with E-state index >= 15 is 0 Å². The zero-order valence-electron chi connectivity index (χ0n) is 10.2. The van der Waals surface area contributed by atoms with Crippen molar-refractivity contribution in [2.75, 3.05) is 13.2 Å². The molecule has 1 fully saturated rings. The average Bonchev–Trinajstić information content (AvgIpc) is 2.66. The van der Waals surface area contributed by atoms with Crippen LogP contribution in [-0.4, -0.2) is 35.6 Å². The van der Waals surface area contributed by atoms with Gasteiger partial charge in [0.15, 0.2) is 0 Å². The van der Waals surface area contributed by atoms with Gasteiger partial charge in [0.2, 0.25) is 0 Å². The second kappa shape index (κ2) is 3.94. The summed E-state index contributed by atoms with van der Waals surface area (Å²) in [6, 6.07) is 0. The summed E-state index contributed by atoms with van der Waals surface area (Å²) < 4.78 is 5.66. The van der Waals surface area contributed by atoms with Gasteiger partial charge in [0.25, 0.3) is 0 Å². The topological polar surface area (TPSA) is 49.7 Å². The van der Waals surface area contributed by atoms with Crippen LogP contribution in [0.25, 0.3) is 0 Å². The van der Waals surface area contributed by atoms with Crippen LogP contribution < -0.4 is 0 Å². The van der Waals surface area contributed by atoms with Gasteiger partial charge in [-0.25, -0.2) is 0 Å². The number of fused-ring (bicyclic) bond motifs is 2. The van der Waals surface area contributed by atoms with Crippen LogP contribution in [0.2, 0.25) is 0 Å². The molecule has 1 saturated heterocycles. The minimum atomic E-state index is -0.435. The quantitative estimate of drug-likeness (QED) is 0.625. The maximum atomic E-state index is 10.4. The van der Waals surface area contributed by atoms with Gasteiger partial charge in [0.05, 0.1) is 25.4 Å². The number of rotatable bonds is 0. The Hall–Kier alpha value is -0.640. The van der Waals surface area contributed by atoms with Crippen LogP contribution in [0.1, 0.15) is 26.2 Å². The Labute approximate surface area is 102 Å². The molecule has 0 radical (unpaired) electrons. The number of aliphatic hydroxyl groups is 2. The lowest BCUT2D eigenvalue weighted by Gasteiger charge is -2.48. The highest BCUT2D eigenvalue weighted by Crippen LogP contribution is 2.51. The monoisotopic (exact) mass is 236 g/mol. The minimum absolute atomic E-state index is 0.193. The van der Waals surface area contributed by atoms with Gasteiger partial charge < -0.3 is 14.9 Å². The molecule has 17 heavy (non-hydrogen) atoms. The van der Waals surface area contributed by atoms with Gasteiger partial charge in [0, 0.05) is 5.41 Å². The molecule has 94 valence electrons. The lowest BCUT2D eigenvalue weighted by atomic mass is 9.62. The first kappa shape index (κ1) is 11.5. The lowest BCUT2D eigenvalue weighted by molar-refractivity contribution is -0.0875. The smallest absolute Gasteiger partial charge is 0.0807 e. The summed E-state index contributed by atoms with van der Waals surface area (Å²) in [4.78, 5) is 0. The van der Waals surface area contributed by atoms with Gasteiger partial charge in [0.1, 0.15) is 0 Å². The van der Waals surface area contributed by atoms with E-state index in [4.69, 9.17) is 4.74 Å². The highest BCUT2D eigenvalue weighted by molar-refractivity contribution is 5.27. The van der Waals surface area contributed by atoms with Crippen molar-refractivity contribution in [2.24, 2.45) is 11.3 Å². The van der Waals surface area contributed by atoms with Crippen LogP contribution >= 0.6 is 0 Å². The number of hydrogen-bond acceptors (Lipinski definition) is 3. The predicted octanol–water partition coefficient (Wildman–Crippen LogP) is 1.41. The first-order chi connectivity index (χ1) is 8.12. The fourth-order valence-corrected chi connectivity index (χ4v) is 3.67. The number of aliphatic hydroxyl groups excluding tert-OH is 2. The molecule has 1 spiro atoms. The van der Waals surface area contributed by atoms with Crippen molar-refractivity contribution < 1.29 is 14.9 Å². The van der Waals surface area contributed by atoms with E-state index in [1.807, 2.05) is 12.2 Å². The molecule has 1 heterocycles. The molecule has 4 atom stereocenters. The maximum Gasteiger partial charge on any atom is 0.0807 e. The predicted molar refractivity (Wildman–Crippen MR) is 64.4 cm³/mol. The number of hydrogen-bond donors (Lipinski definition) is 2. The van der Waals surface area contributed by atoms with Crippen molar-refractivity contribution >= 4 is 0 Å². The molecule has 0 bridgehead atoms. The lowest BCUT2D eigenvalue weighted by Crippen LogP contribution is -2.50. The highest BCUT2D eigenvalue weighted by atomic mass is 16.5. The van der Waals surface area contributed by atoms with Crippen LogP contribution in [0.15, 0.2) is 23.3 Å². The third-order valence-corrected chi connectivity index (χ3v) is 4.68. The number of allylic oxidation sites excluding steroid dienone is 1. The molecule has 3 aliphatic rings. The van der Waals surface area contributed by atoms with Crippen LogP contribution in [0.3, 0.4) is 0 Å². The Morgan fingerprint density at radius 3 is 2.94 bits per heavy atom. The first-order valence-corrected chi connectivity index (χ1v) is 6.43. The van der Waals surface area contributed by atoms with E-state index in [-0.39, 0.29) is 11.5 Å². The molecular formula is C14H20O3. The molecule has 3 nitrogen and oxygen atoms in total. The van der Waals surface area contributed by atoms with E-state index in [0.29, 0.717) is 19.1 Å². The number of ether oxygens (including phenoxy) is 1. The molecule has 1 aliphatic heterocycles. The molecule has 0 amide bonds. The van der Waals surface area contributed by atoms with E-state index in [0.717, 1.165) is 19.3 Å². The highest BCUT2D eigenvalue weighted by Gasteiger charge is 2.51. The molecular weight excluding hydrogens is 216 g/mol. The molecule has 2 N–H and O–H groups in total.